The first-order chi connectivity index (χ1) is 17.1. The number of amides is 1. The van der Waals surface area contributed by atoms with E-state index in [1.54, 1.807) is 17.4 Å². The summed E-state index contributed by atoms with van der Waals surface area (Å²) in [5.74, 6) is 0.176. The maximum absolute atomic E-state index is 13.3. The van der Waals surface area contributed by atoms with Gasteiger partial charge in [0.15, 0.2) is 0 Å². The molecule has 1 atom stereocenters. The topological polar surface area (TPSA) is 92.7 Å². The number of hydrogen-bond donors (Lipinski definition) is 2. The van der Waals surface area contributed by atoms with E-state index in [-0.39, 0.29) is 23.3 Å². The molecule has 0 saturated heterocycles. The molecule has 0 fully saturated rings. The highest BCUT2D eigenvalue weighted by atomic mass is 32.1. The SMILES string of the molecule is CC[C@H](C(=O)Nc1cc(-c2cccs2)nn1-c1nc(-c2ccccc2)cc(=O)[nH]1)c1ccccc1. The Bertz CT molecular complexity index is 1490. The zero-order valence-corrected chi connectivity index (χ0v) is 19.8. The fourth-order valence-electron chi connectivity index (χ4n) is 3.95. The monoisotopic (exact) mass is 481 g/mol. The van der Waals surface area contributed by atoms with Gasteiger partial charge in [-0.2, -0.15) is 9.78 Å². The molecular formula is C27H23N5O2S. The van der Waals surface area contributed by atoms with Gasteiger partial charge in [-0.15, -0.1) is 11.3 Å². The van der Waals surface area contributed by atoms with Crippen molar-refractivity contribution in [1.29, 1.82) is 0 Å². The minimum atomic E-state index is -0.326. The molecule has 35 heavy (non-hydrogen) atoms. The van der Waals surface area contributed by atoms with E-state index in [1.807, 2.05) is 85.1 Å². The fraction of sp³-hybridized carbons (Fsp3) is 0.111. The summed E-state index contributed by atoms with van der Waals surface area (Å²) in [4.78, 5) is 34.2. The Balaban J connectivity index is 1.57. The van der Waals surface area contributed by atoms with E-state index >= 15 is 0 Å². The lowest BCUT2D eigenvalue weighted by molar-refractivity contribution is -0.117. The highest BCUT2D eigenvalue weighted by molar-refractivity contribution is 7.13. The molecule has 0 radical (unpaired) electrons. The summed E-state index contributed by atoms with van der Waals surface area (Å²) in [7, 11) is 0. The number of nitrogens with zero attached hydrogens (tertiary/aromatic N) is 3. The number of anilines is 1. The quantitative estimate of drug-likeness (QED) is 0.322. The number of carbonyl (C=O) groups is 1. The Hall–Kier alpha value is -4.30. The van der Waals surface area contributed by atoms with Crippen LogP contribution >= 0.6 is 11.3 Å². The van der Waals surface area contributed by atoms with Crippen molar-refractivity contribution in [2.45, 2.75) is 19.3 Å². The van der Waals surface area contributed by atoms with Crippen LogP contribution in [0.2, 0.25) is 0 Å². The molecule has 0 aliphatic heterocycles. The van der Waals surface area contributed by atoms with Gasteiger partial charge in [-0.25, -0.2) is 4.98 Å². The molecule has 2 aromatic carbocycles. The molecule has 0 aliphatic rings. The van der Waals surface area contributed by atoms with Gasteiger partial charge in [0.1, 0.15) is 11.5 Å². The average Bonchev–Trinajstić information content (AvgIpc) is 3.56. The molecule has 7 nitrogen and oxygen atoms in total. The minimum Gasteiger partial charge on any atom is -0.310 e. The summed E-state index contributed by atoms with van der Waals surface area (Å²) >= 11 is 1.54. The Morgan fingerprint density at radius 1 is 1.00 bits per heavy atom. The van der Waals surface area contributed by atoms with E-state index in [0.29, 0.717) is 23.6 Å². The van der Waals surface area contributed by atoms with Crippen LogP contribution in [-0.4, -0.2) is 25.7 Å². The molecule has 0 bridgehead atoms. The van der Waals surface area contributed by atoms with Crippen LogP contribution in [0.5, 0.6) is 0 Å². The maximum atomic E-state index is 13.3. The normalized spacial score (nSPS) is 11.8. The van der Waals surface area contributed by atoms with E-state index in [1.165, 1.54) is 10.7 Å². The van der Waals surface area contributed by atoms with Crippen molar-refractivity contribution in [1.82, 2.24) is 19.7 Å². The largest absolute Gasteiger partial charge is 0.310 e. The van der Waals surface area contributed by atoms with Gasteiger partial charge >= 0.3 is 0 Å². The summed E-state index contributed by atoms with van der Waals surface area (Å²) in [6, 6.07) is 26.3. The van der Waals surface area contributed by atoms with Crippen molar-refractivity contribution >= 4 is 23.1 Å². The van der Waals surface area contributed by atoms with E-state index in [0.717, 1.165) is 16.0 Å². The molecule has 0 unspecified atom stereocenters. The van der Waals surface area contributed by atoms with Crippen molar-refractivity contribution in [3.05, 3.63) is 106 Å². The number of rotatable bonds is 7. The Labute approximate surface area is 206 Å². The molecule has 8 heteroatoms. The van der Waals surface area contributed by atoms with Gasteiger partial charge in [0.05, 0.1) is 16.5 Å². The summed E-state index contributed by atoms with van der Waals surface area (Å²) in [6.07, 6.45) is 0.639. The van der Waals surface area contributed by atoms with Crippen molar-refractivity contribution in [2.24, 2.45) is 0 Å². The van der Waals surface area contributed by atoms with Gasteiger partial charge in [-0.3, -0.25) is 14.6 Å². The van der Waals surface area contributed by atoms with Crippen LogP contribution in [0.1, 0.15) is 24.8 Å². The first-order valence-corrected chi connectivity index (χ1v) is 12.2. The molecule has 0 spiro atoms. The lowest BCUT2D eigenvalue weighted by Gasteiger charge is -2.16. The van der Waals surface area contributed by atoms with Gasteiger partial charge in [0.2, 0.25) is 11.9 Å². The molecule has 1 amide bonds. The Morgan fingerprint density at radius 3 is 2.43 bits per heavy atom. The van der Waals surface area contributed by atoms with E-state index in [2.05, 4.69) is 20.4 Å². The number of hydrogen-bond acceptors (Lipinski definition) is 5. The molecule has 174 valence electrons. The summed E-state index contributed by atoms with van der Waals surface area (Å²) in [5.41, 5.74) is 2.64. The Kier molecular flexibility index (Phi) is 6.36. The van der Waals surface area contributed by atoms with Gasteiger partial charge in [0.25, 0.3) is 5.56 Å². The second kappa shape index (κ2) is 9.90. The summed E-state index contributed by atoms with van der Waals surface area (Å²) in [5, 5.41) is 9.68. The third-order valence-corrected chi connectivity index (χ3v) is 6.55. The van der Waals surface area contributed by atoms with Crippen molar-refractivity contribution in [3.63, 3.8) is 0 Å². The number of nitrogens with one attached hydrogen (secondary N) is 2. The highest BCUT2D eigenvalue weighted by Crippen LogP contribution is 2.29. The van der Waals surface area contributed by atoms with Crippen LogP contribution in [0.25, 0.3) is 27.8 Å². The second-order valence-electron chi connectivity index (χ2n) is 7.98. The average molecular weight is 482 g/mol. The maximum Gasteiger partial charge on any atom is 0.252 e. The van der Waals surface area contributed by atoms with Crippen LogP contribution in [-0.2, 0) is 4.79 Å². The molecule has 5 rings (SSSR count). The number of H-pyrrole nitrogens is 1. The zero-order valence-electron chi connectivity index (χ0n) is 19.0. The number of thiophene rings is 1. The first-order valence-electron chi connectivity index (χ1n) is 11.3. The van der Waals surface area contributed by atoms with Crippen LogP contribution in [0.15, 0.2) is 95.1 Å². The predicted octanol–water partition coefficient (Wildman–Crippen LogP) is 5.48. The summed E-state index contributed by atoms with van der Waals surface area (Å²) < 4.78 is 1.48. The number of aromatic nitrogens is 4. The molecule has 0 saturated carbocycles. The molecule has 3 aromatic heterocycles. The van der Waals surface area contributed by atoms with Gasteiger partial charge in [-0.1, -0.05) is 73.7 Å². The minimum absolute atomic E-state index is 0.154. The standard InChI is InChI=1S/C27H23N5O2S/c1-2-20(18-10-5-3-6-11-18)26(34)29-24-16-22(23-14-9-15-35-23)31-32(24)27-28-21(17-25(33)30-27)19-12-7-4-8-13-19/h3-17,20H,2H2,1H3,(H,29,34)(H,28,30,33)/t20-/m0/s1. The highest BCUT2D eigenvalue weighted by Gasteiger charge is 2.22. The van der Waals surface area contributed by atoms with Crippen LogP contribution < -0.4 is 10.9 Å². The summed E-state index contributed by atoms with van der Waals surface area (Å²) in [6.45, 7) is 1.98. The van der Waals surface area contributed by atoms with E-state index in [4.69, 9.17) is 0 Å². The number of aromatic amines is 1. The van der Waals surface area contributed by atoms with Gasteiger partial charge in [-0.05, 0) is 23.4 Å². The fourth-order valence-corrected chi connectivity index (χ4v) is 4.63. The molecule has 5 aromatic rings. The predicted molar refractivity (Wildman–Crippen MR) is 139 cm³/mol. The van der Waals surface area contributed by atoms with Crippen molar-refractivity contribution in [2.75, 3.05) is 5.32 Å². The first kappa shape index (κ1) is 22.5. The lowest BCUT2D eigenvalue weighted by Crippen LogP contribution is -2.23. The van der Waals surface area contributed by atoms with Crippen LogP contribution in [0.3, 0.4) is 0 Å². The third-order valence-electron chi connectivity index (χ3n) is 5.66. The number of carbonyl (C=O) groups excluding carboxylic acids is 1. The number of benzene rings is 2. The van der Waals surface area contributed by atoms with Gasteiger partial charge < -0.3 is 5.32 Å². The zero-order chi connectivity index (χ0) is 24.2. The molecule has 0 aliphatic carbocycles. The van der Waals surface area contributed by atoms with E-state index in [9.17, 15) is 9.59 Å². The molecule has 3 heterocycles. The van der Waals surface area contributed by atoms with Gasteiger partial charge in [0, 0.05) is 17.7 Å². The Morgan fingerprint density at radius 2 is 1.74 bits per heavy atom. The third kappa shape index (κ3) is 4.83. The van der Waals surface area contributed by atoms with Crippen LogP contribution in [0.4, 0.5) is 5.82 Å². The second-order valence-corrected chi connectivity index (χ2v) is 8.93. The van der Waals surface area contributed by atoms with Crippen molar-refractivity contribution in [3.8, 4) is 27.8 Å². The van der Waals surface area contributed by atoms with E-state index < -0.39 is 0 Å². The van der Waals surface area contributed by atoms with Crippen LogP contribution in [0, 0.1) is 0 Å². The molecular weight excluding hydrogens is 458 g/mol. The lowest BCUT2D eigenvalue weighted by atomic mass is 9.96. The van der Waals surface area contributed by atoms with Crippen molar-refractivity contribution < 1.29 is 4.79 Å². The smallest absolute Gasteiger partial charge is 0.252 e. The molecule has 2 N–H and O–H groups in total.